The average molecular weight is 350 g/mol. The van der Waals surface area contributed by atoms with Crippen molar-refractivity contribution in [3.8, 4) is 0 Å². The van der Waals surface area contributed by atoms with E-state index in [0.29, 0.717) is 30.5 Å². The molecule has 2 aliphatic rings. The van der Waals surface area contributed by atoms with Gasteiger partial charge in [0.05, 0.1) is 0 Å². The highest BCUT2D eigenvalue weighted by Gasteiger charge is 2.33. The predicted octanol–water partition coefficient (Wildman–Crippen LogP) is 3.48. The van der Waals surface area contributed by atoms with Crippen molar-refractivity contribution in [3.05, 3.63) is 35.4 Å². The second-order valence-corrected chi connectivity index (χ2v) is 7.82. The summed E-state index contributed by atoms with van der Waals surface area (Å²) >= 11 is 0. The van der Waals surface area contributed by atoms with Gasteiger partial charge in [-0.25, -0.2) is 8.78 Å². The Hall–Kier alpha value is -1.49. The number of piperidine rings is 1. The zero-order valence-electron chi connectivity index (χ0n) is 15.2. The van der Waals surface area contributed by atoms with Gasteiger partial charge >= 0.3 is 0 Å². The van der Waals surface area contributed by atoms with Crippen LogP contribution in [0, 0.1) is 23.5 Å². The largest absolute Gasteiger partial charge is 0.342 e. The zero-order chi connectivity index (χ0) is 18.0. The first-order chi connectivity index (χ1) is 11.9. The summed E-state index contributed by atoms with van der Waals surface area (Å²) in [6.07, 6.45) is 3.42. The molecule has 2 saturated heterocycles. The van der Waals surface area contributed by atoms with Crippen molar-refractivity contribution in [1.29, 1.82) is 0 Å². The van der Waals surface area contributed by atoms with Gasteiger partial charge in [0.2, 0.25) is 5.91 Å². The molecule has 0 spiro atoms. The molecule has 0 N–H and O–H groups in total. The van der Waals surface area contributed by atoms with Crippen molar-refractivity contribution in [2.75, 3.05) is 26.2 Å². The van der Waals surface area contributed by atoms with Crippen LogP contribution in [0.3, 0.4) is 0 Å². The summed E-state index contributed by atoms with van der Waals surface area (Å²) in [7, 11) is 0. The number of amides is 1. The lowest BCUT2D eigenvalue weighted by Gasteiger charge is -2.35. The van der Waals surface area contributed by atoms with Crippen LogP contribution in [0.4, 0.5) is 8.78 Å². The third kappa shape index (κ3) is 4.57. The molecule has 25 heavy (non-hydrogen) atoms. The highest BCUT2D eigenvalue weighted by atomic mass is 19.1. The first kappa shape index (κ1) is 18.3. The van der Waals surface area contributed by atoms with Crippen LogP contribution in [0.2, 0.25) is 0 Å². The number of hydrogen-bond donors (Lipinski definition) is 0. The van der Waals surface area contributed by atoms with E-state index >= 15 is 0 Å². The molecule has 0 aromatic heterocycles. The van der Waals surface area contributed by atoms with Crippen LogP contribution in [0.5, 0.6) is 0 Å². The van der Waals surface area contributed by atoms with Gasteiger partial charge in [0.1, 0.15) is 11.6 Å². The van der Waals surface area contributed by atoms with Gasteiger partial charge in [-0.2, -0.15) is 0 Å². The molecule has 0 bridgehead atoms. The van der Waals surface area contributed by atoms with Crippen LogP contribution in [-0.4, -0.2) is 47.9 Å². The molecular formula is C20H28F2N2O. The van der Waals surface area contributed by atoms with E-state index in [1.807, 2.05) is 4.90 Å². The Balaban J connectivity index is 1.51. The van der Waals surface area contributed by atoms with Crippen molar-refractivity contribution in [3.63, 3.8) is 0 Å². The summed E-state index contributed by atoms with van der Waals surface area (Å²) in [5.74, 6) is -0.353. The summed E-state index contributed by atoms with van der Waals surface area (Å²) in [6, 6.07) is 4.24. The number of likely N-dealkylation sites (tertiary alicyclic amines) is 2. The molecule has 1 aromatic rings. The number of carbonyl (C=O) groups is 1. The third-order valence-corrected chi connectivity index (χ3v) is 5.65. The van der Waals surface area contributed by atoms with E-state index in [4.69, 9.17) is 0 Å². The summed E-state index contributed by atoms with van der Waals surface area (Å²) in [4.78, 5) is 17.2. The lowest BCUT2D eigenvalue weighted by Crippen LogP contribution is -2.44. The SMILES string of the molecule is CC(C)N1CCC(C(=O)N2CCC(Cc3cc(F)cc(F)c3)C2)CC1. The van der Waals surface area contributed by atoms with Gasteiger partial charge in [0, 0.05) is 31.1 Å². The molecule has 1 unspecified atom stereocenters. The highest BCUT2D eigenvalue weighted by Crippen LogP contribution is 2.27. The van der Waals surface area contributed by atoms with E-state index in [-0.39, 0.29) is 11.8 Å². The highest BCUT2D eigenvalue weighted by molar-refractivity contribution is 5.79. The molecule has 3 nitrogen and oxygen atoms in total. The maximum absolute atomic E-state index is 13.3. The van der Waals surface area contributed by atoms with Crippen LogP contribution in [0.15, 0.2) is 18.2 Å². The van der Waals surface area contributed by atoms with Crippen molar-refractivity contribution < 1.29 is 13.6 Å². The number of nitrogens with zero attached hydrogens (tertiary/aromatic N) is 2. The third-order valence-electron chi connectivity index (χ3n) is 5.65. The molecule has 2 fully saturated rings. The molecule has 0 saturated carbocycles. The van der Waals surface area contributed by atoms with Gasteiger partial charge in [-0.1, -0.05) is 0 Å². The number of benzene rings is 1. The second kappa shape index (κ2) is 7.81. The van der Waals surface area contributed by atoms with Crippen LogP contribution in [-0.2, 0) is 11.2 Å². The minimum absolute atomic E-state index is 0.139. The Kier molecular flexibility index (Phi) is 5.72. The molecule has 1 atom stereocenters. The summed E-state index contributed by atoms with van der Waals surface area (Å²) in [5.41, 5.74) is 0.682. The van der Waals surface area contributed by atoms with Gasteiger partial charge in [-0.15, -0.1) is 0 Å². The van der Waals surface area contributed by atoms with E-state index in [0.717, 1.165) is 45.0 Å². The smallest absolute Gasteiger partial charge is 0.225 e. The molecule has 0 radical (unpaired) electrons. The molecule has 0 aliphatic carbocycles. The lowest BCUT2D eigenvalue weighted by atomic mass is 9.94. The fraction of sp³-hybridized carbons (Fsp3) is 0.650. The molecule has 1 aromatic carbocycles. The van der Waals surface area contributed by atoms with E-state index in [1.54, 1.807) is 0 Å². The predicted molar refractivity (Wildman–Crippen MR) is 94.2 cm³/mol. The molecule has 2 aliphatic heterocycles. The van der Waals surface area contributed by atoms with E-state index in [2.05, 4.69) is 18.7 Å². The summed E-state index contributed by atoms with van der Waals surface area (Å²) in [6.45, 7) is 7.86. The van der Waals surface area contributed by atoms with E-state index in [1.165, 1.54) is 12.1 Å². The molecule has 5 heteroatoms. The van der Waals surface area contributed by atoms with Crippen LogP contribution in [0.25, 0.3) is 0 Å². The topological polar surface area (TPSA) is 23.6 Å². The normalized spacial score (nSPS) is 22.8. The van der Waals surface area contributed by atoms with Crippen molar-refractivity contribution >= 4 is 5.91 Å². The number of rotatable bonds is 4. The number of halogens is 2. The standard InChI is InChI=1S/C20H28F2N2O/c1-14(2)23-7-4-17(5-8-23)20(25)24-6-3-15(13-24)9-16-10-18(21)12-19(22)11-16/h10-12,14-15,17H,3-9,13H2,1-2H3. The Bertz CT molecular complexity index is 591. The van der Waals surface area contributed by atoms with Gasteiger partial charge in [-0.05, 0) is 76.2 Å². The van der Waals surface area contributed by atoms with E-state index in [9.17, 15) is 13.6 Å². The molecule has 138 valence electrons. The zero-order valence-corrected chi connectivity index (χ0v) is 15.2. The average Bonchev–Trinajstić information content (AvgIpc) is 3.01. The molecule has 1 amide bonds. The van der Waals surface area contributed by atoms with Gasteiger partial charge in [-0.3, -0.25) is 4.79 Å². The Labute approximate surface area is 149 Å². The number of hydrogen-bond acceptors (Lipinski definition) is 2. The minimum Gasteiger partial charge on any atom is -0.342 e. The van der Waals surface area contributed by atoms with Gasteiger partial charge in [0.25, 0.3) is 0 Å². The molecular weight excluding hydrogens is 322 g/mol. The van der Waals surface area contributed by atoms with E-state index < -0.39 is 11.6 Å². The van der Waals surface area contributed by atoms with Gasteiger partial charge in [0.15, 0.2) is 0 Å². The molecule has 2 heterocycles. The lowest BCUT2D eigenvalue weighted by molar-refractivity contribution is -0.136. The van der Waals surface area contributed by atoms with Gasteiger partial charge < -0.3 is 9.80 Å². The van der Waals surface area contributed by atoms with Crippen LogP contribution < -0.4 is 0 Å². The Morgan fingerprint density at radius 1 is 1.08 bits per heavy atom. The van der Waals surface area contributed by atoms with Crippen LogP contribution >= 0.6 is 0 Å². The minimum atomic E-state index is -0.530. The second-order valence-electron chi connectivity index (χ2n) is 7.82. The quantitative estimate of drug-likeness (QED) is 0.830. The Morgan fingerprint density at radius 3 is 2.32 bits per heavy atom. The monoisotopic (exact) mass is 350 g/mol. The van der Waals surface area contributed by atoms with Crippen LogP contribution in [0.1, 0.15) is 38.7 Å². The fourth-order valence-electron chi connectivity index (χ4n) is 4.18. The van der Waals surface area contributed by atoms with Crippen molar-refractivity contribution in [1.82, 2.24) is 9.80 Å². The first-order valence-corrected chi connectivity index (χ1v) is 9.40. The maximum atomic E-state index is 13.3. The summed E-state index contributed by atoms with van der Waals surface area (Å²) < 4.78 is 26.7. The number of carbonyl (C=O) groups excluding carboxylic acids is 1. The maximum Gasteiger partial charge on any atom is 0.225 e. The fourth-order valence-corrected chi connectivity index (χ4v) is 4.18. The van der Waals surface area contributed by atoms with Crippen molar-refractivity contribution in [2.45, 2.75) is 45.6 Å². The van der Waals surface area contributed by atoms with Crippen molar-refractivity contribution in [2.24, 2.45) is 11.8 Å². The summed E-state index contributed by atoms with van der Waals surface area (Å²) in [5, 5.41) is 0. The molecule has 3 rings (SSSR count). The Morgan fingerprint density at radius 2 is 1.72 bits per heavy atom. The first-order valence-electron chi connectivity index (χ1n) is 9.40.